The highest BCUT2D eigenvalue weighted by Gasteiger charge is 2.54. The van der Waals surface area contributed by atoms with Gasteiger partial charge in [0, 0.05) is 19.0 Å². The molecule has 0 bridgehead atoms. The van der Waals surface area contributed by atoms with Gasteiger partial charge in [0.2, 0.25) is 10.0 Å². The first-order valence-electron chi connectivity index (χ1n) is 9.39. The predicted molar refractivity (Wildman–Crippen MR) is 110 cm³/mol. The number of esters is 2. The number of benzene rings is 1. The number of pyridine rings is 1. The molecule has 1 heterocycles. The van der Waals surface area contributed by atoms with E-state index in [0.717, 1.165) is 32.5 Å². The number of methoxy groups -OCH3 is 2. The third-order valence-corrected chi connectivity index (χ3v) is 6.31. The minimum Gasteiger partial charge on any atom is -0.468 e. The monoisotopic (exact) mass is 484 g/mol. The Balaban J connectivity index is 2.17. The number of carbonyl (C=O) groups is 2. The van der Waals surface area contributed by atoms with E-state index in [9.17, 15) is 31.2 Å². The summed E-state index contributed by atoms with van der Waals surface area (Å²) in [6, 6.07) is 6.75. The molecule has 8 nitrogen and oxygen atoms in total. The molecule has 0 radical (unpaired) electrons. The summed E-state index contributed by atoms with van der Waals surface area (Å²) in [4.78, 5) is 29.1. The molecule has 3 rings (SSSR count). The van der Waals surface area contributed by atoms with Crippen LogP contribution in [0.1, 0.15) is 29.7 Å². The van der Waals surface area contributed by atoms with Crippen molar-refractivity contribution in [1.82, 2.24) is 4.98 Å². The predicted octanol–water partition coefficient (Wildman–Crippen LogP) is 2.78. The molecular formula is C21H19F3N2O6S. The van der Waals surface area contributed by atoms with Crippen LogP contribution in [0.15, 0.2) is 47.5 Å². The fraction of sp³-hybridized carbons (Fsp3) is 0.286. The van der Waals surface area contributed by atoms with Crippen LogP contribution < -0.4 is 5.14 Å². The Labute approximate surface area is 187 Å². The lowest BCUT2D eigenvalue weighted by molar-refractivity contribution is -0.168. The van der Waals surface area contributed by atoms with Crippen LogP contribution in [-0.2, 0) is 35.3 Å². The zero-order valence-corrected chi connectivity index (χ0v) is 18.3. The van der Waals surface area contributed by atoms with Gasteiger partial charge in [0.1, 0.15) is 4.90 Å². The number of nitrogens with two attached hydrogens (primary N) is 1. The van der Waals surface area contributed by atoms with Crippen molar-refractivity contribution in [3.8, 4) is 0 Å². The maximum Gasteiger partial charge on any atom is 0.416 e. The third-order valence-electron chi connectivity index (χ3n) is 5.41. The van der Waals surface area contributed by atoms with Gasteiger partial charge in [-0.2, -0.15) is 13.2 Å². The number of aromatic nitrogens is 1. The first kappa shape index (κ1) is 24.4. The zero-order valence-electron chi connectivity index (χ0n) is 17.5. The maximum absolute atomic E-state index is 13.0. The molecular weight excluding hydrogens is 465 g/mol. The molecule has 12 heteroatoms. The summed E-state index contributed by atoms with van der Waals surface area (Å²) in [5.74, 6) is -1.76. The Bertz CT molecular complexity index is 1200. The Kier molecular flexibility index (Phi) is 6.35. The second-order valence-electron chi connectivity index (χ2n) is 7.38. The molecule has 0 atom stereocenters. The third kappa shape index (κ3) is 4.62. The summed E-state index contributed by atoms with van der Waals surface area (Å²) in [7, 11) is -1.82. The van der Waals surface area contributed by atoms with Gasteiger partial charge in [-0.15, -0.1) is 0 Å². The van der Waals surface area contributed by atoms with E-state index in [1.165, 1.54) is 24.3 Å². The SMILES string of the molecule is COC(=O)C1(C(=O)OC)CC(c2ccc(C(F)(F)F)cc2)=C(c2ccc(S(N)(=O)=O)cn2)C1. The van der Waals surface area contributed by atoms with Gasteiger partial charge in [-0.1, -0.05) is 12.1 Å². The number of alkyl halides is 3. The molecule has 2 aromatic rings. The molecule has 33 heavy (non-hydrogen) atoms. The summed E-state index contributed by atoms with van der Waals surface area (Å²) in [6.07, 6.45) is -3.97. The number of nitrogens with zero attached hydrogens (tertiary/aromatic N) is 1. The second-order valence-corrected chi connectivity index (χ2v) is 8.94. The number of hydrogen-bond acceptors (Lipinski definition) is 7. The van der Waals surface area contributed by atoms with Crippen LogP contribution in [0.5, 0.6) is 0 Å². The van der Waals surface area contributed by atoms with E-state index in [1.54, 1.807) is 0 Å². The van der Waals surface area contributed by atoms with Crippen molar-refractivity contribution in [3.05, 3.63) is 59.4 Å². The Morgan fingerprint density at radius 1 is 0.970 bits per heavy atom. The first-order chi connectivity index (χ1) is 15.3. The summed E-state index contributed by atoms with van der Waals surface area (Å²) < 4.78 is 71.7. The topological polar surface area (TPSA) is 126 Å². The molecule has 0 fully saturated rings. The van der Waals surface area contributed by atoms with Crippen LogP contribution in [0.2, 0.25) is 0 Å². The summed E-state index contributed by atoms with van der Waals surface area (Å²) >= 11 is 0. The minimum absolute atomic E-state index is 0.215. The molecule has 0 aliphatic heterocycles. The van der Waals surface area contributed by atoms with Crippen LogP contribution in [0.25, 0.3) is 11.1 Å². The molecule has 0 amide bonds. The number of ether oxygens (including phenoxy) is 2. The second kappa shape index (κ2) is 8.60. The molecule has 176 valence electrons. The first-order valence-corrected chi connectivity index (χ1v) is 10.9. The lowest BCUT2D eigenvalue weighted by atomic mass is 9.83. The average molecular weight is 484 g/mol. The van der Waals surface area contributed by atoms with E-state index >= 15 is 0 Å². The van der Waals surface area contributed by atoms with Crippen molar-refractivity contribution >= 4 is 33.1 Å². The van der Waals surface area contributed by atoms with Crippen molar-refractivity contribution in [3.63, 3.8) is 0 Å². The average Bonchev–Trinajstić information content (AvgIpc) is 3.19. The molecule has 0 saturated heterocycles. The number of primary sulfonamides is 1. The van der Waals surface area contributed by atoms with E-state index in [1.807, 2.05) is 0 Å². The van der Waals surface area contributed by atoms with E-state index in [-0.39, 0.29) is 23.4 Å². The fourth-order valence-corrected chi connectivity index (χ4v) is 4.21. The Hall–Kier alpha value is -3.25. The fourth-order valence-electron chi connectivity index (χ4n) is 3.75. The van der Waals surface area contributed by atoms with Crippen molar-refractivity contribution in [1.29, 1.82) is 0 Å². The molecule has 2 N–H and O–H groups in total. The van der Waals surface area contributed by atoms with Crippen molar-refractivity contribution in [2.75, 3.05) is 14.2 Å². The highest BCUT2D eigenvalue weighted by molar-refractivity contribution is 7.89. The molecule has 1 aromatic heterocycles. The lowest BCUT2D eigenvalue weighted by Gasteiger charge is -2.23. The zero-order chi connectivity index (χ0) is 24.6. The highest BCUT2D eigenvalue weighted by Crippen LogP contribution is 2.51. The number of allylic oxidation sites excluding steroid dienone is 2. The van der Waals surface area contributed by atoms with Gasteiger partial charge in [-0.3, -0.25) is 14.6 Å². The van der Waals surface area contributed by atoms with Gasteiger partial charge < -0.3 is 9.47 Å². The van der Waals surface area contributed by atoms with Gasteiger partial charge in [0.25, 0.3) is 0 Å². The van der Waals surface area contributed by atoms with Crippen LogP contribution in [0, 0.1) is 5.41 Å². The molecule has 0 spiro atoms. The van der Waals surface area contributed by atoms with Gasteiger partial charge in [0.05, 0.1) is 25.5 Å². The lowest BCUT2D eigenvalue weighted by Crippen LogP contribution is -2.39. The summed E-state index contributed by atoms with van der Waals surface area (Å²) in [5.41, 5.74) is -1.38. The van der Waals surface area contributed by atoms with E-state index in [2.05, 4.69) is 4.98 Å². The van der Waals surface area contributed by atoms with Gasteiger partial charge in [-0.25, -0.2) is 13.6 Å². The van der Waals surface area contributed by atoms with E-state index in [0.29, 0.717) is 16.7 Å². The number of halogens is 3. The number of rotatable bonds is 5. The van der Waals surface area contributed by atoms with Crippen LogP contribution in [-0.4, -0.2) is 39.6 Å². The summed E-state index contributed by atoms with van der Waals surface area (Å²) in [6.45, 7) is 0. The molecule has 0 saturated carbocycles. The van der Waals surface area contributed by atoms with E-state index < -0.39 is 39.1 Å². The number of hydrogen-bond donors (Lipinski definition) is 1. The van der Waals surface area contributed by atoms with Gasteiger partial charge in [0.15, 0.2) is 5.41 Å². The molecule has 0 unspecified atom stereocenters. The highest BCUT2D eigenvalue weighted by atomic mass is 32.2. The maximum atomic E-state index is 13.0. The largest absolute Gasteiger partial charge is 0.468 e. The standard InChI is InChI=1S/C21H19F3N2O6S/c1-31-18(27)20(19(28)32-2)9-15(12-3-5-13(6-4-12)21(22,23)24)16(10-20)17-8-7-14(11-26-17)33(25,29)30/h3-8,11H,9-10H2,1-2H3,(H2,25,29,30). The number of carbonyl (C=O) groups excluding carboxylic acids is 2. The molecule has 1 aromatic carbocycles. The smallest absolute Gasteiger partial charge is 0.416 e. The van der Waals surface area contributed by atoms with Crippen molar-refractivity contribution < 1.29 is 40.7 Å². The molecule has 1 aliphatic carbocycles. The normalized spacial score (nSPS) is 15.9. The number of sulfonamides is 1. The van der Waals surface area contributed by atoms with Crippen LogP contribution >= 0.6 is 0 Å². The van der Waals surface area contributed by atoms with Crippen LogP contribution in [0.4, 0.5) is 13.2 Å². The Morgan fingerprint density at radius 3 is 1.94 bits per heavy atom. The van der Waals surface area contributed by atoms with E-state index in [4.69, 9.17) is 14.6 Å². The van der Waals surface area contributed by atoms with Crippen LogP contribution in [0.3, 0.4) is 0 Å². The van der Waals surface area contributed by atoms with Crippen molar-refractivity contribution in [2.24, 2.45) is 10.6 Å². The quantitative estimate of drug-likeness (QED) is 0.511. The summed E-state index contributed by atoms with van der Waals surface area (Å²) in [5, 5.41) is 5.09. The molecule has 1 aliphatic rings. The minimum atomic E-state index is -4.54. The van der Waals surface area contributed by atoms with Crippen molar-refractivity contribution in [2.45, 2.75) is 23.9 Å². The Morgan fingerprint density at radius 2 is 1.52 bits per heavy atom. The van der Waals surface area contributed by atoms with Gasteiger partial charge >= 0.3 is 18.1 Å². The van der Waals surface area contributed by atoms with Gasteiger partial charge in [-0.05, 0) is 41.0 Å².